The van der Waals surface area contributed by atoms with Crippen molar-refractivity contribution in [2.24, 2.45) is 0 Å². The number of carbonyl (C=O) groups excluding carboxylic acids is 1. The first-order valence-electron chi connectivity index (χ1n) is 5.81. The standard InChI is InChI=1S/C15H13ClFNO/c1-9-3-4-11(7-10(9)2)15(19)18-14-8-12(16)5-6-13(14)17/h3-8H,1-2H3,(H,18,19). The number of nitrogens with one attached hydrogen (secondary N) is 1. The molecule has 0 saturated heterocycles. The Morgan fingerprint density at radius 3 is 2.53 bits per heavy atom. The number of benzene rings is 2. The molecule has 2 nitrogen and oxygen atoms in total. The molecule has 2 aromatic carbocycles. The second kappa shape index (κ2) is 5.41. The molecule has 0 aromatic heterocycles. The Kier molecular flexibility index (Phi) is 3.86. The molecule has 2 aromatic rings. The van der Waals surface area contributed by atoms with Gasteiger partial charge >= 0.3 is 0 Å². The lowest BCUT2D eigenvalue weighted by Gasteiger charge is -2.08. The van der Waals surface area contributed by atoms with E-state index in [9.17, 15) is 9.18 Å². The molecule has 2 rings (SSSR count). The van der Waals surface area contributed by atoms with Crippen molar-refractivity contribution in [2.75, 3.05) is 5.32 Å². The van der Waals surface area contributed by atoms with E-state index in [0.717, 1.165) is 11.1 Å². The van der Waals surface area contributed by atoms with Crippen molar-refractivity contribution in [3.05, 3.63) is 63.9 Å². The van der Waals surface area contributed by atoms with E-state index >= 15 is 0 Å². The van der Waals surface area contributed by atoms with Crippen LogP contribution in [0, 0.1) is 19.7 Å². The zero-order valence-corrected chi connectivity index (χ0v) is 11.4. The minimum atomic E-state index is -0.512. The van der Waals surface area contributed by atoms with Crippen molar-refractivity contribution < 1.29 is 9.18 Å². The van der Waals surface area contributed by atoms with E-state index < -0.39 is 5.82 Å². The molecule has 0 radical (unpaired) electrons. The molecular weight excluding hydrogens is 265 g/mol. The summed E-state index contributed by atoms with van der Waals surface area (Å²) < 4.78 is 13.5. The fraction of sp³-hybridized carbons (Fsp3) is 0.133. The molecule has 0 atom stereocenters. The molecule has 4 heteroatoms. The molecule has 98 valence electrons. The highest BCUT2D eigenvalue weighted by molar-refractivity contribution is 6.31. The molecule has 0 aliphatic heterocycles. The maximum absolute atomic E-state index is 13.5. The first-order valence-corrected chi connectivity index (χ1v) is 6.19. The highest BCUT2D eigenvalue weighted by atomic mass is 35.5. The SMILES string of the molecule is Cc1ccc(C(=O)Nc2cc(Cl)ccc2F)cc1C. The van der Waals surface area contributed by atoms with Gasteiger partial charge < -0.3 is 5.32 Å². The number of aryl methyl sites for hydroxylation is 2. The van der Waals surface area contributed by atoms with Gasteiger partial charge in [0.25, 0.3) is 5.91 Å². The summed E-state index contributed by atoms with van der Waals surface area (Å²) in [6.07, 6.45) is 0. The van der Waals surface area contributed by atoms with Gasteiger partial charge in [-0.25, -0.2) is 4.39 Å². The van der Waals surface area contributed by atoms with Crippen molar-refractivity contribution in [1.82, 2.24) is 0 Å². The summed E-state index contributed by atoms with van der Waals surface area (Å²) in [5, 5.41) is 2.89. The average Bonchev–Trinajstić information content (AvgIpc) is 2.37. The predicted octanol–water partition coefficient (Wildman–Crippen LogP) is 4.35. The van der Waals surface area contributed by atoms with Crippen LogP contribution < -0.4 is 5.32 Å². The van der Waals surface area contributed by atoms with Crippen molar-refractivity contribution in [3.63, 3.8) is 0 Å². The van der Waals surface area contributed by atoms with Crippen LogP contribution in [0.1, 0.15) is 21.5 Å². The van der Waals surface area contributed by atoms with Gasteiger partial charge in [0.05, 0.1) is 5.69 Å². The Balaban J connectivity index is 2.25. The highest BCUT2D eigenvalue weighted by Gasteiger charge is 2.10. The van der Waals surface area contributed by atoms with Gasteiger partial charge in [0.15, 0.2) is 0 Å². The number of amides is 1. The maximum Gasteiger partial charge on any atom is 0.255 e. The molecule has 0 saturated carbocycles. The molecule has 0 aliphatic carbocycles. The zero-order chi connectivity index (χ0) is 14.0. The normalized spacial score (nSPS) is 10.3. The average molecular weight is 278 g/mol. The van der Waals surface area contributed by atoms with Gasteiger partial charge in [-0.3, -0.25) is 4.79 Å². The molecule has 0 bridgehead atoms. The first-order chi connectivity index (χ1) is 8.97. The Morgan fingerprint density at radius 1 is 1.11 bits per heavy atom. The van der Waals surface area contributed by atoms with Crippen LogP contribution in [-0.4, -0.2) is 5.91 Å². The quantitative estimate of drug-likeness (QED) is 0.869. The van der Waals surface area contributed by atoms with Gasteiger partial charge in [-0.05, 0) is 55.3 Å². The lowest BCUT2D eigenvalue weighted by molar-refractivity contribution is 0.102. The minimum absolute atomic E-state index is 0.0794. The topological polar surface area (TPSA) is 29.1 Å². The summed E-state index contributed by atoms with van der Waals surface area (Å²) in [6, 6.07) is 9.38. The van der Waals surface area contributed by atoms with E-state index in [1.165, 1.54) is 18.2 Å². The molecular formula is C15H13ClFNO. The van der Waals surface area contributed by atoms with Gasteiger partial charge in [-0.1, -0.05) is 17.7 Å². The van der Waals surface area contributed by atoms with Crippen LogP contribution in [0.4, 0.5) is 10.1 Å². The summed E-state index contributed by atoms with van der Waals surface area (Å²) in [7, 11) is 0. The van der Waals surface area contributed by atoms with Crippen LogP contribution >= 0.6 is 11.6 Å². The Morgan fingerprint density at radius 2 is 1.84 bits per heavy atom. The van der Waals surface area contributed by atoms with Crippen molar-refractivity contribution in [2.45, 2.75) is 13.8 Å². The summed E-state index contributed by atoms with van der Waals surface area (Å²) in [4.78, 5) is 12.0. The highest BCUT2D eigenvalue weighted by Crippen LogP contribution is 2.20. The Labute approximate surface area is 116 Å². The molecule has 0 fully saturated rings. The molecule has 1 N–H and O–H groups in total. The summed E-state index contributed by atoms with van der Waals surface area (Å²) in [5.74, 6) is -0.870. The van der Waals surface area contributed by atoms with Crippen LogP contribution in [-0.2, 0) is 0 Å². The monoisotopic (exact) mass is 277 g/mol. The van der Waals surface area contributed by atoms with Crippen LogP contribution in [0.3, 0.4) is 0 Å². The van der Waals surface area contributed by atoms with Gasteiger partial charge in [0, 0.05) is 10.6 Å². The van der Waals surface area contributed by atoms with Gasteiger partial charge in [-0.15, -0.1) is 0 Å². The summed E-state index contributed by atoms with van der Waals surface area (Å²) in [5.41, 5.74) is 2.68. The minimum Gasteiger partial charge on any atom is -0.319 e. The number of anilines is 1. The Hall–Kier alpha value is -1.87. The third-order valence-corrected chi connectivity index (χ3v) is 3.18. The van der Waals surface area contributed by atoms with Crippen LogP contribution in [0.25, 0.3) is 0 Å². The summed E-state index contributed by atoms with van der Waals surface area (Å²) in [6.45, 7) is 3.89. The Bertz CT molecular complexity index is 640. The molecule has 0 heterocycles. The number of carbonyl (C=O) groups is 1. The van der Waals surface area contributed by atoms with Crippen LogP contribution in [0.5, 0.6) is 0 Å². The van der Waals surface area contributed by atoms with Gasteiger partial charge in [0.1, 0.15) is 5.82 Å². The van der Waals surface area contributed by atoms with Crippen molar-refractivity contribution in [3.8, 4) is 0 Å². The van der Waals surface area contributed by atoms with Crippen LogP contribution in [0.15, 0.2) is 36.4 Å². The largest absolute Gasteiger partial charge is 0.319 e. The molecule has 1 amide bonds. The van der Waals surface area contributed by atoms with Gasteiger partial charge in [0.2, 0.25) is 0 Å². The van der Waals surface area contributed by atoms with Crippen molar-refractivity contribution >= 4 is 23.2 Å². The molecule has 19 heavy (non-hydrogen) atoms. The van der Waals surface area contributed by atoms with E-state index in [0.29, 0.717) is 10.6 Å². The molecule has 0 spiro atoms. The van der Waals surface area contributed by atoms with E-state index in [1.54, 1.807) is 12.1 Å². The van der Waals surface area contributed by atoms with Crippen molar-refractivity contribution in [1.29, 1.82) is 0 Å². The first kappa shape index (κ1) is 13.6. The zero-order valence-electron chi connectivity index (χ0n) is 10.6. The smallest absolute Gasteiger partial charge is 0.255 e. The number of hydrogen-bond acceptors (Lipinski definition) is 1. The summed E-state index contributed by atoms with van der Waals surface area (Å²) >= 11 is 5.77. The lowest BCUT2D eigenvalue weighted by atomic mass is 10.1. The molecule has 0 unspecified atom stereocenters. The third kappa shape index (κ3) is 3.12. The number of halogens is 2. The van der Waals surface area contributed by atoms with Gasteiger partial charge in [-0.2, -0.15) is 0 Å². The second-order valence-electron chi connectivity index (χ2n) is 4.38. The van der Waals surface area contributed by atoms with E-state index in [1.807, 2.05) is 19.9 Å². The maximum atomic E-state index is 13.5. The van der Waals surface area contributed by atoms with E-state index in [4.69, 9.17) is 11.6 Å². The molecule has 0 aliphatic rings. The number of hydrogen-bond donors (Lipinski definition) is 1. The third-order valence-electron chi connectivity index (χ3n) is 2.95. The fourth-order valence-electron chi connectivity index (χ4n) is 1.67. The van der Waals surface area contributed by atoms with Crippen LogP contribution in [0.2, 0.25) is 5.02 Å². The predicted molar refractivity (Wildman–Crippen MR) is 75.3 cm³/mol. The number of rotatable bonds is 2. The fourth-order valence-corrected chi connectivity index (χ4v) is 1.84. The second-order valence-corrected chi connectivity index (χ2v) is 4.81. The lowest BCUT2D eigenvalue weighted by Crippen LogP contribution is -2.13. The van der Waals surface area contributed by atoms with E-state index in [-0.39, 0.29) is 11.6 Å². The van der Waals surface area contributed by atoms with E-state index in [2.05, 4.69) is 5.32 Å².